The Kier molecular flexibility index (Phi) is 5.46. The fraction of sp³-hybridized carbons (Fsp3) is 1.00. The molecular weight excluding hydrogens is 226 g/mol. The van der Waals surface area contributed by atoms with Crippen molar-refractivity contribution in [3.63, 3.8) is 0 Å². The van der Waals surface area contributed by atoms with E-state index in [-0.39, 0.29) is 12.2 Å². The van der Waals surface area contributed by atoms with Crippen molar-refractivity contribution in [2.45, 2.75) is 70.6 Å². The summed E-state index contributed by atoms with van der Waals surface area (Å²) < 4.78 is 5.50. The molecule has 0 bridgehead atoms. The first-order chi connectivity index (χ1) is 8.66. The molecule has 3 nitrogen and oxygen atoms in total. The minimum Gasteiger partial charge on any atom is -0.389 e. The zero-order chi connectivity index (χ0) is 13.0. The highest BCUT2D eigenvalue weighted by atomic mass is 16.5. The summed E-state index contributed by atoms with van der Waals surface area (Å²) in [6, 6.07) is 0.737. The van der Waals surface area contributed by atoms with Crippen LogP contribution in [0.4, 0.5) is 0 Å². The molecule has 0 amide bonds. The third kappa shape index (κ3) is 3.94. The van der Waals surface area contributed by atoms with Crippen molar-refractivity contribution in [3.8, 4) is 0 Å². The summed E-state index contributed by atoms with van der Waals surface area (Å²) in [7, 11) is 0. The van der Waals surface area contributed by atoms with Crippen molar-refractivity contribution in [2.75, 3.05) is 19.7 Å². The van der Waals surface area contributed by atoms with Crippen LogP contribution in [0.25, 0.3) is 0 Å². The fourth-order valence-electron chi connectivity index (χ4n) is 3.58. The topological polar surface area (TPSA) is 32.7 Å². The van der Waals surface area contributed by atoms with Crippen molar-refractivity contribution in [1.82, 2.24) is 4.90 Å². The highest BCUT2D eigenvalue weighted by Crippen LogP contribution is 2.35. The van der Waals surface area contributed by atoms with Gasteiger partial charge in [-0.2, -0.15) is 0 Å². The van der Waals surface area contributed by atoms with Crippen molar-refractivity contribution in [3.05, 3.63) is 0 Å². The van der Waals surface area contributed by atoms with Crippen LogP contribution in [0.15, 0.2) is 0 Å². The van der Waals surface area contributed by atoms with Gasteiger partial charge < -0.3 is 9.84 Å². The molecule has 1 saturated carbocycles. The number of likely N-dealkylation sites (tertiary alicyclic amines) is 1. The van der Waals surface area contributed by atoms with Crippen LogP contribution in [0.2, 0.25) is 0 Å². The van der Waals surface area contributed by atoms with Crippen LogP contribution in [-0.2, 0) is 4.74 Å². The van der Waals surface area contributed by atoms with Gasteiger partial charge in [0.1, 0.15) is 0 Å². The summed E-state index contributed by atoms with van der Waals surface area (Å²) >= 11 is 0. The van der Waals surface area contributed by atoms with E-state index < -0.39 is 0 Å². The van der Waals surface area contributed by atoms with Crippen molar-refractivity contribution >= 4 is 0 Å². The summed E-state index contributed by atoms with van der Waals surface area (Å²) in [6.07, 6.45) is 8.11. The van der Waals surface area contributed by atoms with Crippen LogP contribution in [0.1, 0.15) is 52.4 Å². The van der Waals surface area contributed by atoms with Crippen LogP contribution in [0, 0.1) is 5.92 Å². The molecule has 18 heavy (non-hydrogen) atoms. The van der Waals surface area contributed by atoms with E-state index in [1.165, 1.54) is 45.1 Å². The molecule has 3 heteroatoms. The monoisotopic (exact) mass is 255 g/mol. The molecule has 1 aliphatic heterocycles. The average Bonchev–Trinajstić information content (AvgIpc) is 2.37. The van der Waals surface area contributed by atoms with E-state index in [0.717, 1.165) is 18.5 Å². The number of nitrogens with zero attached hydrogens (tertiary/aromatic N) is 1. The highest BCUT2D eigenvalue weighted by molar-refractivity contribution is 4.88. The number of β-amino-alcohol motifs (C(OH)–C–C–N with tert-alkyl or cyclic N) is 1. The van der Waals surface area contributed by atoms with Gasteiger partial charge in [-0.05, 0) is 52.0 Å². The van der Waals surface area contributed by atoms with Gasteiger partial charge in [0.15, 0.2) is 0 Å². The number of fused-ring (bicyclic) bond motifs is 1. The van der Waals surface area contributed by atoms with Crippen LogP contribution in [0.3, 0.4) is 0 Å². The van der Waals surface area contributed by atoms with Crippen LogP contribution < -0.4 is 0 Å². The Morgan fingerprint density at radius 2 is 1.89 bits per heavy atom. The van der Waals surface area contributed by atoms with E-state index in [2.05, 4.69) is 4.90 Å². The third-order valence-corrected chi connectivity index (χ3v) is 4.43. The molecule has 1 aliphatic carbocycles. The van der Waals surface area contributed by atoms with E-state index in [9.17, 15) is 5.11 Å². The fourth-order valence-corrected chi connectivity index (χ4v) is 3.58. The summed E-state index contributed by atoms with van der Waals surface area (Å²) in [5, 5.41) is 10.1. The minimum atomic E-state index is -0.326. The molecule has 0 spiro atoms. The van der Waals surface area contributed by atoms with Gasteiger partial charge in [-0.3, -0.25) is 4.90 Å². The quantitative estimate of drug-likeness (QED) is 0.819. The lowest BCUT2D eigenvalue weighted by atomic mass is 9.78. The number of ether oxygens (including phenoxy) is 1. The molecule has 0 radical (unpaired) electrons. The normalized spacial score (nSPS) is 31.3. The Morgan fingerprint density at radius 3 is 2.67 bits per heavy atom. The highest BCUT2D eigenvalue weighted by Gasteiger charge is 2.33. The maximum atomic E-state index is 10.1. The first-order valence-electron chi connectivity index (χ1n) is 7.70. The lowest BCUT2D eigenvalue weighted by Gasteiger charge is -2.44. The molecule has 1 saturated heterocycles. The Bertz CT molecular complexity index is 243. The van der Waals surface area contributed by atoms with Crippen molar-refractivity contribution < 1.29 is 9.84 Å². The van der Waals surface area contributed by atoms with Gasteiger partial charge >= 0.3 is 0 Å². The molecule has 106 valence electrons. The average molecular weight is 255 g/mol. The Labute approximate surface area is 112 Å². The number of hydrogen-bond donors (Lipinski definition) is 1. The maximum absolute atomic E-state index is 10.1. The van der Waals surface area contributed by atoms with E-state index in [1.54, 1.807) is 0 Å². The van der Waals surface area contributed by atoms with Gasteiger partial charge in [-0.1, -0.05) is 12.8 Å². The van der Waals surface area contributed by atoms with Gasteiger partial charge in [0, 0.05) is 12.6 Å². The maximum Gasteiger partial charge on any atom is 0.0900 e. The summed E-state index contributed by atoms with van der Waals surface area (Å²) in [5.74, 6) is 0.894. The number of aliphatic hydroxyl groups excluding tert-OH is 1. The van der Waals surface area contributed by atoms with Crippen LogP contribution in [0.5, 0.6) is 0 Å². The smallest absolute Gasteiger partial charge is 0.0900 e. The lowest BCUT2D eigenvalue weighted by molar-refractivity contribution is -0.0308. The molecule has 0 unspecified atom stereocenters. The van der Waals surface area contributed by atoms with Crippen molar-refractivity contribution in [1.29, 1.82) is 0 Å². The predicted octanol–water partition coefficient (Wildman–Crippen LogP) is 2.43. The van der Waals surface area contributed by atoms with Gasteiger partial charge in [-0.25, -0.2) is 0 Å². The Hall–Kier alpha value is -0.120. The summed E-state index contributed by atoms with van der Waals surface area (Å²) in [5.41, 5.74) is 0. The van der Waals surface area contributed by atoms with Gasteiger partial charge in [-0.15, -0.1) is 0 Å². The van der Waals surface area contributed by atoms with Crippen molar-refractivity contribution in [2.24, 2.45) is 5.92 Å². The minimum absolute atomic E-state index is 0.212. The zero-order valence-electron chi connectivity index (χ0n) is 12.0. The molecular formula is C15H29NO2. The van der Waals surface area contributed by atoms with Crippen LogP contribution >= 0.6 is 0 Å². The molecule has 0 aromatic rings. The molecule has 1 N–H and O–H groups in total. The lowest BCUT2D eigenvalue weighted by Crippen LogP contribution is -2.50. The molecule has 0 aromatic heterocycles. The second-order valence-electron chi connectivity index (χ2n) is 6.28. The largest absolute Gasteiger partial charge is 0.389 e. The predicted molar refractivity (Wildman–Crippen MR) is 73.6 cm³/mol. The second-order valence-corrected chi connectivity index (χ2v) is 6.28. The zero-order valence-corrected chi connectivity index (χ0v) is 12.0. The van der Waals surface area contributed by atoms with E-state index >= 15 is 0 Å². The molecule has 2 rings (SSSR count). The molecule has 3 atom stereocenters. The molecule has 1 heterocycles. The second kappa shape index (κ2) is 6.88. The van der Waals surface area contributed by atoms with Gasteiger partial charge in [0.2, 0.25) is 0 Å². The standard InChI is InChI=1S/C15H29NO2/c1-12(2)18-11-14(17)10-16-9-5-7-13-6-3-4-8-15(13)16/h12-15,17H,3-11H2,1-2H3/t13-,14-,15+/m0/s1. The SMILES string of the molecule is CC(C)OC[C@@H](O)CN1CCC[C@@H]2CCCC[C@H]21. The number of rotatable bonds is 5. The van der Waals surface area contributed by atoms with Gasteiger partial charge in [0.05, 0.1) is 18.8 Å². The first-order valence-corrected chi connectivity index (χ1v) is 7.70. The van der Waals surface area contributed by atoms with E-state index in [4.69, 9.17) is 4.74 Å². The third-order valence-electron chi connectivity index (χ3n) is 4.43. The summed E-state index contributed by atoms with van der Waals surface area (Å²) in [4.78, 5) is 2.53. The van der Waals surface area contributed by atoms with E-state index in [1.807, 2.05) is 13.8 Å². The molecule has 0 aromatic carbocycles. The Morgan fingerprint density at radius 1 is 1.17 bits per heavy atom. The molecule has 2 aliphatic rings. The van der Waals surface area contributed by atoms with Crippen LogP contribution in [-0.4, -0.2) is 48.0 Å². The number of hydrogen-bond acceptors (Lipinski definition) is 3. The molecule has 2 fully saturated rings. The van der Waals surface area contributed by atoms with E-state index in [0.29, 0.717) is 6.61 Å². The number of piperidine rings is 1. The summed E-state index contributed by atoms with van der Waals surface area (Å²) in [6.45, 7) is 6.48. The Balaban J connectivity index is 1.79. The number of aliphatic hydroxyl groups is 1. The first kappa shape index (κ1) is 14.3. The van der Waals surface area contributed by atoms with Gasteiger partial charge in [0.25, 0.3) is 0 Å².